The maximum atomic E-state index is 13.9. The first-order valence-electron chi connectivity index (χ1n) is 14.9. The van der Waals surface area contributed by atoms with E-state index < -0.39 is 23.7 Å². The molecule has 0 radical (unpaired) electrons. The first-order chi connectivity index (χ1) is 22.2. The number of carbonyl (C=O) groups excluding carboxylic acids is 3. The Hall–Kier alpha value is -4.19. The van der Waals surface area contributed by atoms with E-state index in [2.05, 4.69) is 5.32 Å². The molecule has 9 nitrogen and oxygen atoms in total. The molecule has 7 unspecified atom stereocenters. The number of nitrogens with one attached hydrogen (secondary N) is 1. The predicted octanol–water partition coefficient (Wildman–Crippen LogP) is 5.58. The van der Waals surface area contributed by atoms with Crippen molar-refractivity contribution in [3.63, 3.8) is 0 Å². The Morgan fingerprint density at radius 1 is 0.891 bits per heavy atom. The van der Waals surface area contributed by atoms with Crippen LogP contribution in [0.3, 0.4) is 0 Å². The van der Waals surface area contributed by atoms with E-state index in [0.717, 1.165) is 28.2 Å². The van der Waals surface area contributed by atoms with Crippen LogP contribution in [0.2, 0.25) is 5.02 Å². The standard InChI is InChI=1S/C34H26ClN3O6S2/c35-18-10-6-16(7-11-18)24-25-21-14-22(27-26(21)30(40)38(31(27)41)20-4-2-1-3-5-20)28(25)45-32-29(24)46-34(44)37(32)15-23(39)36-19-12-8-17(9-13-19)33(42)43/h1-13,21-22,24-28H,14-15H2,(H,36,39)(H,42,43). The van der Waals surface area contributed by atoms with Crippen LogP contribution in [-0.4, -0.2) is 38.6 Å². The van der Waals surface area contributed by atoms with Gasteiger partial charge in [0.2, 0.25) is 17.7 Å². The molecule has 4 aliphatic rings. The van der Waals surface area contributed by atoms with Gasteiger partial charge in [0.15, 0.2) is 0 Å². The Morgan fingerprint density at radius 3 is 2.24 bits per heavy atom. The summed E-state index contributed by atoms with van der Waals surface area (Å²) in [5, 5.41) is 13.2. The molecule has 0 spiro atoms. The fraction of sp³-hybridized carbons (Fsp3) is 0.265. The molecule has 4 aromatic rings. The van der Waals surface area contributed by atoms with Gasteiger partial charge in [0, 0.05) is 26.8 Å². The Kier molecular flexibility index (Phi) is 6.97. The van der Waals surface area contributed by atoms with Crippen molar-refractivity contribution in [1.82, 2.24) is 4.57 Å². The number of imide groups is 1. The van der Waals surface area contributed by atoms with Gasteiger partial charge in [-0.3, -0.25) is 28.6 Å². The van der Waals surface area contributed by atoms with Crippen molar-refractivity contribution in [2.45, 2.75) is 29.2 Å². The van der Waals surface area contributed by atoms with Crippen LogP contribution in [0.25, 0.3) is 0 Å². The molecule has 2 bridgehead atoms. The van der Waals surface area contributed by atoms with Gasteiger partial charge in [-0.05, 0) is 78.3 Å². The number of thioether (sulfide) groups is 1. The van der Waals surface area contributed by atoms with Gasteiger partial charge in [-0.2, -0.15) is 0 Å². The Bertz CT molecular complexity index is 1980. The quantitative estimate of drug-likeness (QED) is 0.257. The molecule has 3 heterocycles. The molecule has 12 heteroatoms. The van der Waals surface area contributed by atoms with Crippen LogP contribution in [-0.2, 0) is 20.9 Å². The number of fused-ring (bicyclic) bond motifs is 9. The molecule has 3 amide bonds. The minimum Gasteiger partial charge on any atom is -0.478 e. The Labute approximate surface area is 276 Å². The van der Waals surface area contributed by atoms with E-state index >= 15 is 0 Å². The predicted molar refractivity (Wildman–Crippen MR) is 175 cm³/mol. The lowest BCUT2D eigenvalue weighted by Crippen LogP contribution is -2.43. The number of benzene rings is 3. The number of amides is 3. The normalized spacial score (nSPS) is 27.3. The lowest BCUT2D eigenvalue weighted by atomic mass is 9.68. The summed E-state index contributed by atoms with van der Waals surface area (Å²) in [5.74, 6) is -2.88. The Balaban J connectivity index is 1.15. The molecule has 46 heavy (non-hydrogen) atoms. The molecule has 1 aromatic heterocycles. The van der Waals surface area contributed by atoms with Crippen LogP contribution in [0.5, 0.6) is 0 Å². The number of carboxylic acids is 1. The number of carbonyl (C=O) groups is 4. The van der Waals surface area contributed by atoms with Crippen LogP contribution < -0.4 is 15.1 Å². The van der Waals surface area contributed by atoms with Crippen molar-refractivity contribution in [2.75, 3.05) is 10.2 Å². The highest BCUT2D eigenvalue weighted by molar-refractivity contribution is 8.00. The molecular weight excluding hydrogens is 646 g/mol. The largest absolute Gasteiger partial charge is 0.478 e. The van der Waals surface area contributed by atoms with E-state index in [9.17, 15) is 24.0 Å². The number of nitrogens with zero attached hydrogens (tertiary/aromatic N) is 2. The molecule has 2 saturated carbocycles. The fourth-order valence-electron chi connectivity index (χ4n) is 8.17. The first kappa shape index (κ1) is 29.2. The number of aromatic nitrogens is 1. The van der Waals surface area contributed by atoms with Gasteiger partial charge in [0.1, 0.15) is 6.54 Å². The highest BCUT2D eigenvalue weighted by Gasteiger charge is 2.69. The van der Waals surface area contributed by atoms with Crippen LogP contribution in [0, 0.1) is 29.6 Å². The molecular formula is C34H26ClN3O6S2. The van der Waals surface area contributed by atoms with Gasteiger partial charge in [-0.25, -0.2) is 4.79 Å². The smallest absolute Gasteiger partial charge is 0.335 e. The molecule has 232 valence electrons. The lowest BCUT2D eigenvalue weighted by Gasteiger charge is -2.43. The van der Waals surface area contributed by atoms with Crippen molar-refractivity contribution in [3.05, 3.63) is 110 Å². The number of thiazole rings is 1. The number of hydrogen-bond acceptors (Lipinski definition) is 7. The third-order valence-corrected chi connectivity index (χ3v) is 13.0. The summed E-state index contributed by atoms with van der Waals surface area (Å²) in [7, 11) is 0. The summed E-state index contributed by atoms with van der Waals surface area (Å²) < 4.78 is 1.51. The summed E-state index contributed by atoms with van der Waals surface area (Å²) in [6.07, 6.45) is 0.758. The van der Waals surface area contributed by atoms with Crippen molar-refractivity contribution in [1.29, 1.82) is 0 Å². The number of rotatable bonds is 6. The third-order valence-electron chi connectivity index (χ3n) is 9.91. The van der Waals surface area contributed by atoms with Gasteiger partial charge in [0.05, 0.1) is 28.1 Å². The summed E-state index contributed by atoms with van der Waals surface area (Å²) in [4.78, 5) is 67.7. The average molecular weight is 672 g/mol. The van der Waals surface area contributed by atoms with Crippen molar-refractivity contribution in [3.8, 4) is 0 Å². The van der Waals surface area contributed by atoms with E-state index in [4.69, 9.17) is 16.7 Å². The van der Waals surface area contributed by atoms with Crippen molar-refractivity contribution < 1.29 is 24.3 Å². The maximum absolute atomic E-state index is 13.9. The van der Waals surface area contributed by atoms with Crippen LogP contribution in [0.4, 0.5) is 11.4 Å². The van der Waals surface area contributed by atoms with Gasteiger partial charge in [-0.15, -0.1) is 11.8 Å². The summed E-state index contributed by atoms with van der Waals surface area (Å²) >= 11 is 8.95. The SMILES string of the molecule is O=C(Cn1c2c(sc1=O)C(c1ccc(Cl)cc1)C1C3CC(C1S2)C1C(=O)N(c2ccccc2)C(=O)C31)Nc1ccc(C(=O)O)cc1. The zero-order chi connectivity index (χ0) is 31.9. The third kappa shape index (κ3) is 4.47. The van der Waals surface area contributed by atoms with E-state index in [0.29, 0.717) is 21.4 Å². The van der Waals surface area contributed by atoms with Crippen LogP contribution in [0.1, 0.15) is 33.1 Å². The molecule has 7 atom stereocenters. The minimum atomic E-state index is -1.07. The molecule has 2 aliphatic heterocycles. The Morgan fingerprint density at radius 2 is 1.57 bits per heavy atom. The van der Waals surface area contributed by atoms with E-state index in [1.807, 2.05) is 42.5 Å². The van der Waals surface area contributed by atoms with Crippen molar-refractivity contribution in [2.24, 2.45) is 29.6 Å². The zero-order valence-corrected chi connectivity index (χ0v) is 26.4. The second kappa shape index (κ2) is 11.0. The monoisotopic (exact) mass is 671 g/mol. The highest BCUT2D eigenvalue weighted by Crippen LogP contribution is 2.69. The van der Waals surface area contributed by atoms with E-state index in [-0.39, 0.29) is 57.7 Å². The number of hydrogen-bond donors (Lipinski definition) is 2. The topological polar surface area (TPSA) is 126 Å². The number of carboxylic acid groups (broad SMARTS) is 1. The molecule has 2 N–H and O–H groups in total. The second-order valence-corrected chi connectivity index (χ2v) is 14.8. The summed E-state index contributed by atoms with van der Waals surface area (Å²) in [6, 6.07) is 22.5. The van der Waals surface area contributed by atoms with Gasteiger partial charge in [-0.1, -0.05) is 53.3 Å². The van der Waals surface area contributed by atoms with E-state index in [1.165, 1.54) is 33.7 Å². The van der Waals surface area contributed by atoms with Crippen molar-refractivity contribution >= 4 is 69.8 Å². The molecule has 1 saturated heterocycles. The first-order valence-corrected chi connectivity index (χ1v) is 17.0. The number of para-hydroxylation sites is 1. The van der Waals surface area contributed by atoms with Gasteiger partial charge in [0.25, 0.3) is 0 Å². The fourth-order valence-corrected chi connectivity index (χ4v) is 11.4. The van der Waals surface area contributed by atoms with Crippen LogP contribution >= 0.6 is 34.7 Å². The summed E-state index contributed by atoms with van der Waals surface area (Å²) in [5.41, 5.74) is 2.10. The number of anilines is 2. The molecule has 2 aliphatic carbocycles. The number of aromatic carboxylic acids is 1. The molecule has 3 aromatic carbocycles. The molecule has 3 fully saturated rings. The maximum Gasteiger partial charge on any atom is 0.335 e. The zero-order valence-electron chi connectivity index (χ0n) is 24.0. The van der Waals surface area contributed by atoms with E-state index in [1.54, 1.807) is 23.9 Å². The lowest BCUT2D eigenvalue weighted by molar-refractivity contribution is -0.123. The average Bonchev–Trinajstić information content (AvgIpc) is 3.77. The molecule has 8 rings (SSSR count). The van der Waals surface area contributed by atoms with Crippen LogP contribution in [0.15, 0.2) is 88.7 Å². The minimum absolute atomic E-state index is 0.0190. The number of halogens is 1. The van der Waals surface area contributed by atoms with Gasteiger partial charge >= 0.3 is 10.8 Å². The van der Waals surface area contributed by atoms with Gasteiger partial charge < -0.3 is 10.4 Å². The highest BCUT2D eigenvalue weighted by atomic mass is 35.5. The second-order valence-electron chi connectivity index (χ2n) is 12.2. The summed E-state index contributed by atoms with van der Waals surface area (Å²) in [6.45, 7) is -0.220.